The molecule has 5 nitrogen and oxygen atoms in total. The number of H-pyrrole nitrogens is 1. The average Bonchev–Trinajstić information content (AvgIpc) is 3.06. The fourth-order valence-electron chi connectivity index (χ4n) is 2.90. The number of aromatic amines is 1. The van der Waals surface area contributed by atoms with Gasteiger partial charge in [-0.25, -0.2) is 9.97 Å². The van der Waals surface area contributed by atoms with Crippen molar-refractivity contribution in [2.24, 2.45) is 0 Å². The number of fused-ring (bicyclic) bond motifs is 1. The van der Waals surface area contributed by atoms with E-state index >= 15 is 0 Å². The Morgan fingerprint density at radius 3 is 2.64 bits per heavy atom. The van der Waals surface area contributed by atoms with Crippen molar-refractivity contribution >= 4 is 16.6 Å². The summed E-state index contributed by atoms with van der Waals surface area (Å²) in [4.78, 5) is 18.8. The van der Waals surface area contributed by atoms with Crippen LogP contribution in [-0.4, -0.2) is 34.0 Å². The molecule has 0 radical (unpaired) electrons. The molecule has 1 aromatic carbocycles. The van der Waals surface area contributed by atoms with Crippen LogP contribution >= 0.6 is 0 Å². The van der Waals surface area contributed by atoms with Gasteiger partial charge < -0.3 is 9.88 Å². The molecule has 3 aromatic heterocycles. The van der Waals surface area contributed by atoms with Crippen LogP contribution < -0.4 is 4.90 Å². The molecule has 5 heteroatoms. The average molecular weight is 329 g/mol. The van der Waals surface area contributed by atoms with Gasteiger partial charge in [-0.05, 0) is 29.8 Å². The summed E-state index contributed by atoms with van der Waals surface area (Å²) in [6, 6.07) is 12.4. The van der Waals surface area contributed by atoms with Crippen LogP contribution in [0.5, 0.6) is 0 Å². The molecule has 25 heavy (non-hydrogen) atoms. The third-order valence-corrected chi connectivity index (χ3v) is 4.28. The van der Waals surface area contributed by atoms with Crippen LogP contribution in [0.15, 0.2) is 61.2 Å². The number of nitrogens with one attached hydrogen (secondary N) is 1. The van der Waals surface area contributed by atoms with Crippen LogP contribution in [-0.2, 0) is 6.42 Å². The number of hydrogen-bond acceptors (Lipinski definition) is 4. The monoisotopic (exact) mass is 329 g/mol. The van der Waals surface area contributed by atoms with Crippen molar-refractivity contribution in [1.29, 1.82) is 0 Å². The van der Waals surface area contributed by atoms with Crippen molar-refractivity contribution < 1.29 is 0 Å². The molecule has 0 bridgehead atoms. The first-order valence-corrected chi connectivity index (χ1v) is 8.20. The highest BCUT2D eigenvalue weighted by molar-refractivity contribution is 5.93. The zero-order valence-corrected chi connectivity index (χ0v) is 14.3. The van der Waals surface area contributed by atoms with Crippen LogP contribution in [0.3, 0.4) is 0 Å². The van der Waals surface area contributed by atoms with E-state index in [2.05, 4.69) is 44.1 Å². The Morgan fingerprint density at radius 2 is 1.84 bits per heavy atom. The van der Waals surface area contributed by atoms with Gasteiger partial charge in [0.15, 0.2) is 0 Å². The molecule has 0 fully saturated rings. The number of aromatic nitrogens is 4. The molecule has 124 valence electrons. The molecular formula is C20H19N5. The highest BCUT2D eigenvalue weighted by Gasteiger charge is 2.09. The number of rotatable bonds is 4. The predicted molar refractivity (Wildman–Crippen MR) is 101 cm³/mol. The van der Waals surface area contributed by atoms with Crippen molar-refractivity contribution in [3.05, 3.63) is 72.6 Å². The number of nitrogens with zero attached hydrogens (tertiary/aromatic N) is 4. The number of anilines is 1. The number of pyridine rings is 1. The van der Waals surface area contributed by atoms with Gasteiger partial charge in [0.05, 0.1) is 5.69 Å². The van der Waals surface area contributed by atoms with Gasteiger partial charge >= 0.3 is 0 Å². The summed E-state index contributed by atoms with van der Waals surface area (Å²) in [6.45, 7) is 0. The highest BCUT2D eigenvalue weighted by atomic mass is 15.1. The molecule has 0 saturated heterocycles. The van der Waals surface area contributed by atoms with Crippen LogP contribution in [0.25, 0.3) is 22.2 Å². The summed E-state index contributed by atoms with van der Waals surface area (Å²) in [5, 5.41) is 1.07. The van der Waals surface area contributed by atoms with E-state index in [4.69, 9.17) is 4.98 Å². The zero-order chi connectivity index (χ0) is 17.2. The van der Waals surface area contributed by atoms with E-state index in [0.717, 1.165) is 28.0 Å². The molecule has 0 amide bonds. The molecule has 0 atom stereocenters. The molecule has 3 heterocycles. The summed E-state index contributed by atoms with van der Waals surface area (Å²) in [7, 11) is 4.08. The SMILES string of the molecule is CN(C)c1ccc(Cc2nccc(-c3c[nH]c4ccncc34)n2)cc1. The predicted octanol–water partition coefficient (Wildman–Crippen LogP) is 3.68. The first kappa shape index (κ1) is 15.3. The maximum atomic E-state index is 4.75. The lowest BCUT2D eigenvalue weighted by molar-refractivity contribution is 0.971. The van der Waals surface area contributed by atoms with Crippen LogP contribution in [0.2, 0.25) is 0 Å². The second kappa shape index (κ2) is 6.36. The van der Waals surface area contributed by atoms with E-state index in [1.807, 2.05) is 44.8 Å². The Morgan fingerprint density at radius 1 is 1.00 bits per heavy atom. The van der Waals surface area contributed by atoms with Gasteiger partial charge in [0, 0.05) is 67.5 Å². The van der Waals surface area contributed by atoms with Gasteiger partial charge in [0.2, 0.25) is 0 Å². The third kappa shape index (κ3) is 3.08. The lowest BCUT2D eigenvalue weighted by Crippen LogP contribution is -2.08. The molecule has 0 aliphatic carbocycles. The zero-order valence-electron chi connectivity index (χ0n) is 14.3. The molecule has 4 aromatic rings. The smallest absolute Gasteiger partial charge is 0.133 e. The summed E-state index contributed by atoms with van der Waals surface area (Å²) in [5.41, 5.74) is 5.40. The quantitative estimate of drug-likeness (QED) is 0.620. The summed E-state index contributed by atoms with van der Waals surface area (Å²) in [5.74, 6) is 0.813. The van der Waals surface area contributed by atoms with E-state index in [0.29, 0.717) is 6.42 Å². The Kier molecular flexibility index (Phi) is 3.90. The number of hydrogen-bond donors (Lipinski definition) is 1. The van der Waals surface area contributed by atoms with Gasteiger partial charge in [-0.2, -0.15) is 0 Å². The lowest BCUT2D eigenvalue weighted by Gasteiger charge is -2.12. The van der Waals surface area contributed by atoms with Crippen molar-refractivity contribution in [2.75, 3.05) is 19.0 Å². The van der Waals surface area contributed by atoms with Crippen LogP contribution in [0.4, 0.5) is 5.69 Å². The standard InChI is InChI=1S/C20H19N5/c1-25(2)15-5-3-14(4-6-15)11-20-22-10-8-19(24-20)17-13-23-18-7-9-21-12-16(17)18/h3-10,12-13,23H,11H2,1-2H3. The van der Waals surface area contributed by atoms with E-state index in [1.54, 1.807) is 6.20 Å². The minimum Gasteiger partial charge on any atom is -0.378 e. The van der Waals surface area contributed by atoms with Crippen LogP contribution in [0, 0.1) is 0 Å². The molecule has 1 N–H and O–H groups in total. The fraction of sp³-hybridized carbons (Fsp3) is 0.150. The van der Waals surface area contributed by atoms with Gasteiger partial charge in [-0.3, -0.25) is 4.98 Å². The molecule has 0 saturated carbocycles. The minimum absolute atomic E-state index is 0.710. The van der Waals surface area contributed by atoms with E-state index in [1.165, 1.54) is 11.3 Å². The van der Waals surface area contributed by atoms with E-state index < -0.39 is 0 Å². The summed E-state index contributed by atoms with van der Waals surface area (Å²) in [6.07, 6.45) is 8.15. The molecular weight excluding hydrogens is 310 g/mol. The van der Waals surface area contributed by atoms with Crippen molar-refractivity contribution in [3.8, 4) is 11.3 Å². The lowest BCUT2D eigenvalue weighted by atomic mass is 10.1. The summed E-state index contributed by atoms with van der Waals surface area (Å²) < 4.78 is 0. The third-order valence-electron chi connectivity index (χ3n) is 4.28. The van der Waals surface area contributed by atoms with Gasteiger partial charge in [-0.15, -0.1) is 0 Å². The summed E-state index contributed by atoms with van der Waals surface area (Å²) >= 11 is 0. The topological polar surface area (TPSA) is 57.7 Å². The Bertz CT molecular complexity index is 1000. The highest BCUT2D eigenvalue weighted by Crippen LogP contribution is 2.26. The fourth-order valence-corrected chi connectivity index (χ4v) is 2.90. The Hall–Kier alpha value is -3.21. The second-order valence-corrected chi connectivity index (χ2v) is 6.22. The minimum atomic E-state index is 0.710. The maximum absolute atomic E-state index is 4.75. The maximum Gasteiger partial charge on any atom is 0.133 e. The Balaban J connectivity index is 1.63. The first-order valence-electron chi connectivity index (χ1n) is 8.20. The van der Waals surface area contributed by atoms with Crippen molar-refractivity contribution in [2.45, 2.75) is 6.42 Å². The molecule has 0 unspecified atom stereocenters. The van der Waals surface area contributed by atoms with Gasteiger partial charge in [0.25, 0.3) is 0 Å². The van der Waals surface area contributed by atoms with Gasteiger partial charge in [-0.1, -0.05) is 12.1 Å². The molecule has 0 spiro atoms. The number of benzene rings is 1. The van der Waals surface area contributed by atoms with E-state index in [9.17, 15) is 0 Å². The Labute approximate surface area is 146 Å². The largest absolute Gasteiger partial charge is 0.378 e. The first-order chi connectivity index (χ1) is 12.2. The molecule has 4 rings (SSSR count). The normalized spacial score (nSPS) is 11.0. The van der Waals surface area contributed by atoms with Gasteiger partial charge in [0.1, 0.15) is 5.82 Å². The van der Waals surface area contributed by atoms with E-state index in [-0.39, 0.29) is 0 Å². The second-order valence-electron chi connectivity index (χ2n) is 6.22. The molecule has 0 aliphatic heterocycles. The van der Waals surface area contributed by atoms with Crippen LogP contribution in [0.1, 0.15) is 11.4 Å². The van der Waals surface area contributed by atoms with Crippen molar-refractivity contribution in [3.63, 3.8) is 0 Å². The van der Waals surface area contributed by atoms with Crippen molar-refractivity contribution in [1.82, 2.24) is 19.9 Å². The molecule has 0 aliphatic rings.